The maximum absolute atomic E-state index is 13.2. The number of carbonyl (C=O) groups is 1. The van der Waals surface area contributed by atoms with Crippen molar-refractivity contribution in [1.29, 1.82) is 0 Å². The van der Waals surface area contributed by atoms with Crippen molar-refractivity contribution in [1.82, 2.24) is 0 Å². The predicted octanol–water partition coefficient (Wildman–Crippen LogP) is 2.12. The van der Waals surface area contributed by atoms with Crippen molar-refractivity contribution in [3.05, 3.63) is 29.6 Å². The van der Waals surface area contributed by atoms with Gasteiger partial charge in [-0.1, -0.05) is 25.7 Å². The van der Waals surface area contributed by atoms with Crippen LogP contribution in [0.3, 0.4) is 0 Å². The van der Waals surface area contributed by atoms with Crippen LogP contribution in [-0.2, 0) is 4.79 Å². The fourth-order valence-corrected chi connectivity index (χ4v) is 2.01. The standard InChI is InChI=1S/C15H17FN2O/c1-15(2)9-12(15)14(19)18-13-6-5-11(16)8-10(13)4-3-7-17/h5-6,8,12H,7,9,17H2,1-2H3,(H,18,19). The number of nitrogens with two attached hydrogens (primary N) is 1. The van der Waals surface area contributed by atoms with Gasteiger partial charge in [-0.05, 0) is 30.0 Å². The highest BCUT2D eigenvalue weighted by Crippen LogP contribution is 2.52. The van der Waals surface area contributed by atoms with Crippen LogP contribution in [0, 0.1) is 29.0 Å². The number of amides is 1. The van der Waals surface area contributed by atoms with Crippen LogP contribution in [0.5, 0.6) is 0 Å². The van der Waals surface area contributed by atoms with Crippen molar-refractivity contribution in [3.63, 3.8) is 0 Å². The Labute approximate surface area is 112 Å². The van der Waals surface area contributed by atoms with E-state index in [4.69, 9.17) is 5.73 Å². The first-order chi connectivity index (χ1) is 8.94. The number of carbonyl (C=O) groups excluding carboxylic acids is 1. The molecule has 0 aromatic heterocycles. The SMILES string of the molecule is CC1(C)CC1C(=O)Nc1ccc(F)cc1C#CCN. The molecule has 100 valence electrons. The van der Waals surface area contributed by atoms with Gasteiger partial charge in [-0.15, -0.1) is 0 Å². The Morgan fingerprint density at radius 3 is 2.84 bits per heavy atom. The van der Waals surface area contributed by atoms with Crippen LogP contribution in [0.15, 0.2) is 18.2 Å². The fourth-order valence-electron chi connectivity index (χ4n) is 2.01. The molecule has 1 fully saturated rings. The smallest absolute Gasteiger partial charge is 0.228 e. The zero-order valence-corrected chi connectivity index (χ0v) is 11.1. The summed E-state index contributed by atoms with van der Waals surface area (Å²) in [5, 5.41) is 2.82. The molecule has 1 unspecified atom stereocenters. The van der Waals surface area contributed by atoms with Gasteiger partial charge in [-0.3, -0.25) is 4.79 Å². The molecule has 0 heterocycles. The summed E-state index contributed by atoms with van der Waals surface area (Å²) in [5.41, 5.74) is 6.36. The number of benzene rings is 1. The first kappa shape index (κ1) is 13.6. The lowest BCUT2D eigenvalue weighted by Crippen LogP contribution is -2.17. The second-order valence-electron chi connectivity index (χ2n) is 5.43. The third-order valence-electron chi connectivity index (χ3n) is 3.39. The van der Waals surface area contributed by atoms with Crippen LogP contribution < -0.4 is 11.1 Å². The highest BCUT2D eigenvalue weighted by molar-refractivity contribution is 5.96. The van der Waals surface area contributed by atoms with E-state index in [1.54, 1.807) is 0 Å². The summed E-state index contributed by atoms with van der Waals surface area (Å²) in [6.45, 7) is 4.30. The summed E-state index contributed by atoms with van der Waals surface area (Å²) in [4.78, 5) is 12.0. The third-order valence-corrected chi connectivity index (χ3v) is 3.39. The van der Waals surface area contributed by atoms with E-state index in [-0.39, 0.29) is 29.6 Å². The van der Waals surface area contributed by atoms with Gasteiger partial charge in [0.15, 0.2) is 0 Å². The average Bonchev–Trinajstić information content (AvgIpc) is 2.99. The van der Waals surface area contributed by atoms with Gasteiger partial charge in [0.25, 0.3) is 0 Å². The summed E-state index contributed by atoms with van der Waals surface area (Å²) in [6.07, 6.45) is 0.879. The molecule has 0 bridgehead atoms. The van der Waals surface area contributed by atoms with E-state index in [1.165, 1.54) is 18.2 Å². The molecule has 1 aromatic carbocycles. The van der Waals surface area contributed by atoms with Gasteiger partial charge in [-0.25, -0.2) is 4.39 Å². The van der Waals surface area contributed by atoms with Crippen molar-refractivity contribution in [2.45, 2.75) is 20.3 Å². The molecular weight excluding hydrogens is 243 g/mol. The Morgan fingerprint density at radius 2 is 2.26 bits per heavy atom. The minimum absolute atomic E-state index is 0.0212. The number of halogens is 1. The Balaban J connectivity index is 2.18. The molecule has 3 nitrogen and oxygen atoms in total. The highest BCUT2D eigenvalue weighted by Gasteiger charge is 2.50. The summed E-state index contributed by atoms with van der Waals surface area (Å²) in [6, 6.07) is 4.14. The summed E-state index contributed by atoms with van der Waals surface area (Å²) < 4.78 is 13.2. The van der Waals surface area contributed by atoms with E-state index < -0.39 is 0 Å². The molecule has 19 heavy (non-hydrogen) atoms. The lowest BCUT2D eigenvalue weighted by atomic mass is 10.1. The predicted molar refractivity (Wildman–Crippen MR) is 72.9 cm³/mol. The monoisotopic (exact) mass is 260 g/mol. The Bertz CT molecular complexity index is 569. The van der Waals surface area contributed by atoms with Crippen LogP contribution in [-0.4, -0.2) is 12.5 Å². The normalized spacial score (nSPS) is 19.3. The summed E-state index contributed by atoms with van der Waals surface area (Å²) >= 11 is 0. The lowest BCUT2D eigenvalue weighted by Gasteiger charge is -2.08. The number of hydrogen-bond donors (Lipinski definition) is 2. The van der Waals surface area contributed by atoms with Crippen LogP contribution in [0.2, 0.25) is 0 Å². The topological polar surface area (TPSA) is 55.1 Å². The van der Waals surface area contributed by atoms with E-state index in [1.807, 2.05) is 0 Å². The number of nitrogens with one attached hydrogen (secondary N) is 1. The fraction of sp³-hybridized carbons (Fsp3) is 0.400. The second-order valence-corrected chi connectivity index (χ2v) is 5.43. The van der Waals surface area contributed by atoms with Crippen LogP contribution in [0.25, 0.3) is 0 Å². The molecular formula is C15H17FN2O. The van der Waals surface area contributed by atoms with Gasteiger partial charge in [-0.2, -0.15) is 0 Å². The molecule has 0 spiro atoms. The highest BCUT2D eigenvalue weighted by atomic mass is 19.1. The molecule has 4 heteroatoms. The molecule has 0 radical (unpaired) electrons. The maximum Gasteiger partial charge on any atom is 0.228 e. The quantitative estimate of drug-likeness (QED) is 0.800. The van der Waals surface area contributed by atoms with E-state index >= 15 is 0 Å². The van der Waals surface area contributed by atoms with Gasteiger partial charge in [0.1, 0.15) is 5.82 Å². The molecule has 2 rings (SSSR count). The van der Waals surface area contributed by atoms with Crippen LogP contribution in [0.4, 0.5) is 10.1 Å². The Hall–Kier alpha value is -1.86. The maximum atomic E-state index is 13.2. The van der Waals surface area contributed by atoms with E-state index in [9.17, 15) is 9.18 Å². The summed E-state index contributed by atoms with van der Waals surface area (Å²) in [7, 11) is 0. The van der Waals surface area contributed by atoms with Gasteiger partial charge in [0.2, 0.25) is 5.91 Å². The zero-order valence-electron chi connectivity index (χ0n) is 11.1. The minimum atomic E-state index is -0.383. The molecule has 1 aliphatic rings. The van der Waals surface area contributed by atoms with Crippen molar-refractivity contribution in [2.75, 3.05) is 11.9 Å². The van der Waals surface area contributed by atoms with Crippen LogP contribution in [0.1, 0.15) is 25.8 Å². The number of anilines is 1. The van der Waals surface area contributed by atoms with Crippen molar-refractivity contribution in [3.8, 4) is 11.8 Å². The summed E-state index contributed by atoms with van der Waals surface area (Å²) in [5.74, 6) is 5.04. The first-order valence-corrected chi connectivity index (χ1v) is 6.23. The average molecular weight is 260 g/mol. The molecule has 1 aliphatic carbocycles. The minimum Gasteiger partial charge on any atom is -0.325 e. The van der Waals surface area contributed by atoms with Crippen molar-refractivity contribution >= 4 is 11.6 Å². The molecule has 1 aromatic rings. The van der Waals surface area contributed by atoms with Gasteiger partial charge >= 0.3 is 0 Å². The molecule has 0 aliphatic heterocycles. The largest absolute Gasteiger partial charge is 0.325 e. The first-order valence-electron chi connectivity index (χ1n) is 6.23. The molecule has 1 atom stereocenters. The molecule has 3 N–H and O–H groups in total. The number of rotatable bonds is 2. The van der Waals surface area contributed by atoms with Crippen molar-refractivity contribution < 1.29 is 9.18 Å². The van der Waals surface area contributed by atoms with E-state index in [0.717, 1.165) is 6.42 Å². The van der Waals surface area contributed by atoms with Crippen molar-refractivity contribution in [2.24, 2.45) is 17.1 Å². The molecule has 1 amide bonds. The molecule has 0 saturated heterocycles. The van der Waals surface area contributed by atoms with Gasteiger partial charge in [0.05, 0.1) is 17.8 Å². The van der Waals surface area contributed by atoms with E-state index in [2.05, 4.69) is 31.0 Å². The van der Waals surface area contributed by atoms with Gasteiger partial charge < -0.3 is 11.1 Å². The third kappa shape index (κ3) is 3.12. The Morgan fingerprint density at radius 1 is 1.58 bits per heavy atom. The lowest BCUT2D eigenvalue weighted by molar-refractivity contribution is -0.118. The zero-order chi connectivity index (χ0) is 14.0. The Kier molecular flexibility index (Phi) is 3.59. The second kappa shape index (κ2) is 5.02. The molecule has 1 saturated carbocycles. The van der Waals surface area contributed by atoms with E-state index in [0.29, 0.717) is 11.3 Å². The van der Waals surface area contributed by atoms with Crippen LogP contribution >= 0.6 is 0 Å². The number of hydrogen-bond acceptors (Lipinski definition) is 2. The van der Waals surface area contributed by atoms with Gasteiger partial charge in [0, 0.05) is 5.92 Å².